The van der Waals surface area contributed by atoms with E-state index in [9.17, 15) is 4.79 Å². The van der Waals surface area contributed by atoms with Gasteiger partial charge in [0.1, 0.15) is 6.54 Å². The number of rotatable bonds is 5. The Hall–Kier alpha value is -1.75. The summed E-state index contributed by atoms with van der Waals surface area (Å²) in [6.07, 6.45) is 0. The zero-order chi connectivity index (χ0) is 16.4. The lowest BCUT2D eigenvalue weighted by molar-refractivity contribution is 0.0907. The first-order valence-corrected chi connectivity index (χ1v) is 8.83. The van der Waals surface area contributed by atoms with Gasteiger partial charge in [-0.2, -0.15) is 10.1 Å². The van der Waals surface area contributed by atoms with Crippen molar-refractivity contribution in [1.82, 2.24) is 25.2 Å². The number of nitrogens with zero attached hydrogens (tertiary/aromatic N) is 4. The largest absolute Gasteiger partial charge is 0.343 e. The smallest absolute Gasteiger partial charge is 0.316 e. The highest BCUT2D eigenvalue weighted by molar-refractivity contribution is 14.1. The number of aromatic nitrogens is 4. The lowest BCUT2D eigenvalue weighted by Crippen LogP contribution is -2.22. The fraction of sp³-hybridized carbons (Fsp3) is 0.286. The molecule has 3 rings (SSSR count). The maximum absolute atomic E-state index is 12.0. The molecule has 0 saturated carbocycles. The maximum Gasteiger partial charge on any atom is 0.316 e. The monoisotopic (exact) mass is 443 g/mol. The molecule has 0 aliphatic heterocycles. The van der Waals surface area contributed by atoms with Crippen LogP contribution in [0, 0.1) is 17.4 Å². The summed E-state index contributed by atoms with van der Waals surface area (Å²) in [5.41, 5.74) is 2.00. The van der Waals surface area contributed by atoms with Crippen molar-refractivity contribution in [3.05, 3.63) is 49.1 Å². The summed E-state index contributed by atoms with van der Waals surface area (Å²) >= 11 is 3.83. The molecule has 0 atom stereocenters. The van der Waals surface area contributed by atoms with Crippen LogP contribution >= 0.6 is 33.9 Å². The predicted octanol–water partition coefficient (Wildman–Crippen LogP) is 2.53. The molecule has 0 spiro atoms. The van der Waals surface area contributed by atoms with Crippen LogP contribution < -0.4 is 5.32 Å². The topological polar surface area (TPSA) is 85.8 Å². The number of carbonyl (C=O) groups excluding carboxylic acids is 1. The fourth-order valence-electron chi connectivity index (χ4n) is 2.03. The Morgan fingerprint density at radius 3 is 2.96 bits per heavy atom. The minimum absolute atomic E-state index is 0.0345. The van der Waals surface area contributed by atoms with Crippen molar-refractivity contribution in [3.8, 4) is 0 Å². The second kappa shape index (κ2) is 6.79. The predicted molar refractivity (Wildman–Crippen MR) is 93.3 cm³/mol. The third-order valence-electron chi connectivity index (χ3n) is 3.25. The number of thiophene rings is 1. The average Bonchev–Trinajstić information content (AvgIpc) is 3.25. The number of carbonyl (C=O) groups is 1. The lowest BCUT2D eigenvalue weighted by Gasteiger charge is -1.99. The number of halogens is 1. The van der Waals surface area contributed by atoms with Crippen molar-refractivity contribution in [2.24, 2.45) is 0 Å². The van der Waals surface area contributed by atoms with Gasteiger partial charge in [0.05, 0.1) is 15.8 Å². The van der Waals surface area contributed by atoms with Crippen LogP contribution in [0.15, 0.2) is 22.0 Å². The van der Waals surface area contributed by atoms with E-state index < -0.39 is 0 Å². The van der Waals surface area contributed by atoms with Crippen molar-refractivity contribution in [2.75, 3.05) is 0 Å². The molecule has 0 aliphatic rings. The molecule has 0 aliphatic carbocycles. The summed E-state index contributed by atoms with van der Waals surface area (Å²) in [4.78, 5) is 17.2. The highest BCUT2D eigenvalue weighted by Gasteiger charge is 2.17. The van der Waals surface area contributed by atoms with Crippen molar-refractivity contribution < 1.29 is 9.32 Å². The van der Waals surface area contributed by atoms with Crippen LogP contribution in [0.3, 0.4) is 0 Å². The molecular weight excluding hydrogens is 429 g/mol. The minimum atomic E-state index is -0.375. The Balaban J connectivity index is 1.65. The molecule has 9 heteroatoms. The van der Waals surface area contributed by atoms with E-state index in [0.717, 1.165) is 19.8 Å². The summed E-state index contributed by atoms with van der Waals surface area (Å²) in [7, 11) is 0. The van der Waals surface area contributed by atoms with Crippen molar-refractivity contribution in [1.29, 1.82) is 0 Å². The molecule has 23 heavy (non-hydrogen) atoms. The molecule has 7 nitrogen and oxygen atoms in total. The quantitative estimate of drug-likeness (QED) is 0.613. The highest BCUT2D eigenvalue weighted by Crippen LogP contribution is 2.16. The molecule has 3 aromatic heterocycles. The third-order valence-corrected chi connectivity index (χ3v) is 5.69. The van der Waals surface area contributed by atoms with Crippen LogP contribution in [-0.4, -0.2) is 25.8 Å². The lowest BCUT2D eigenvalue weighted by atomic mass is 10.4. The van der Waals surface area contributed by atoms with Crippen molar-refractivity contribution in [3.63, 3.8) is 0 Å². The van der Waals surface area contributed by atoms with Crippen LogP contribution in [0.5, 0.6) is 0 Å². The molecule has 3 aromatic rings. The zero-order valence-corrected chi connectivity index (χ0v) is 15.5. The molecular formula is C14H14IN5O2S. The Morgan fingerprint density at radius 1 is 1.48 bits per heavy atom. The van der Waals surface area contributed by atoms with Crippen LogP contribution in [0.2, 0.25) is 0 Å². The number of hydrogen-bond acceptors (Lipinski definition) is 6. The molecule has 0 radical (unpaired) electrons. The van der Waals surface area contributed by atoms with E-state index in [1.807, 2.05) is 31.4 Å². The normalized spacial score (nSPS) is 10.9. The molecule has 0 bridgehead atoms. The average molecular weight is 443 g/mol. The molecule has 0 aromatic carbocycles. The number of amides is 1. The van der Waals surface area contributed by atoms with Gasteiger partial charge in [0.15, 0.2) is 5.82 Å². The van der Waals surface area contributed by atoms with Gasteiger partial charge < -0.3 is 9.84 Å². The van der Waals surface area contributed by atoms with E-state index in [1.54, 1.807) is 16.0 Å². The molecule has 120 valence electrons. The molecule has 0 saturated heterocycles. The number of hydrogen-bond donors (Lipinski definition) is 1. The number of aryl methyl sites for hydroxylation is 1. The van der Waals surface area contributed by atoms with Gasteiger partial charge >= 0.3 is 11.8 Å². The third kappa shape index (κ3) is 3.61. The van der Waals surface area contributed by atoms with E-state index in [0.29, 0.717) is 18.9 Å². The van der Waals surface area contributed by atoms with Gasteiger partial charge in [0.2, 0.25) is 0 Å². The Bertz CT molecular complexity index is 824. The van der Waals surface area contributed by atoms with E-state index in [4.69, 9.17) is 4.52 Å². The summed E-state index contributed by atoms with van der Waals surface area (Å²) < 4.78 is 7.94. The van der Waals surface area contributed by atoms with Crippen LogP contribution in [0.25, 0.3) is 0 Å². The maximum atomic E-state index is 12.0. The van der Waals surface area contributed by atoms with Crippen LogP contribution in [0.4, 0.5) is 0 Å². The van der Waals surface area contributed by atoms with Crippen LogP contribution in [-0.2, 0) is 13.1 Å². The van der Waals surface area contributed by atoms with Gasteiger partial charge in [0, 0.05) is 10.6 Å². The van der Waals surface area contributed by atoms with Gasteiger partial charge in [-0.15, -0.1) is 11.3 Å². The van der Waals surface area contributed by atoms with Gasteiger partial charge in [0.25, 0.3) is 0 Å². The standard InChI is InChI=1S/C14H14IN5O2S/c1-8-12(15)9(2)20(18-8)7-11-17-14(22-19-11)13(21)16-6-10-4-3-5-23-10/h3-5H,6-7H2,1-2H3,(H,16,21). The van der Waals surface area contributed by atoms with E-state index in [1.165, 1.54) is 0 Å². The number of nitrogens with one attached hydrogen (secondary N) is 1. The Morgan fingerprint density at radius 2 is 2.30 bits per heavy atom. The minimum Gasteiger partial charge on any atom is -0.343 e. The Kier molecular flexibility index (Phi) is 4.76. The van der Waals surface area contributed by atoms with Gasteiger partial charge in [-0.3, -0.25) is 9.48 Å². The van der Waals surface area contributed by atoms with Crippen molar-refractivity contribution in [2.45, 2.75) is 26.9 Å². The molecule has 3 heterocycles. The van der Waals surface area contributed by atoms with Gasteiger partial charge in [-0.05, 0) is 47.9 Å². The Labute approximate surface area is 150 Å². The van der Waals surface area contributed by atoms with E-state index in [2.05, 4.69) is 43.1 Å². The second-order valence-electron chi connectivity index (χ2n) is 4.92. The SMILES string of the molecule is Cc1nn(Cc2noc(C(=O)NCc3cccs3)n2)c(C)c1I. The first kappa shape index (κ1) is 16.1. The molecule has 1 amide bonds. The molecule has 0 fully saturated rings. The van der Waals surface area contributed by atoms with E-state index >= 15 is 0 Å². The first-order valence-electron chi connectivity index (χ1n) is 6.87. The first-order chi connectivity index (χ1) is 11.0. The summed E-state index contributed by atoms with van der Waals surface area (Å²) in [6, 6.07) is 3.89. The summed E-state index contributed by atoms with van der Waals surface area (Å²) in [5.74, 6) is 0.0150. The van der Waals surface area contributed by atoms with Gasteiger partial charge in [-0.25, -0.2) is 0 Å². The van der Waals surface area contributed by atoms with E-state index in [-0.39, 0.29) is 11.8 Å². The zero-order valence-electron chi connectivity index (χ0n) is 12.5. The highest BCUT2D eigenvalue weighted by atomic mass is 127. The summed E-state index contributed by atoms with van der Waals surface area (Å²) in [6.45, 7) is 4.75. The molecule has 0 unspecified atom stereocenters. The fourth-order valence-corrected chi connectivity index (χ4v) is 3.06. The summed E-state index contributed by atoms with van der Waals surface area (Å²) in [5, 5.41) is 13.0. The van der Waals surface area contributed by atoms with Crippen LogP contribution in [0.1, 0.15) is 32.8 Å². The van der Waals surface area contributed by atoms with Crippen molar-refractivity contribution >= 4 is 39.8 Å². The second-order valence-corrected chi connectivity index (χ2v) is 7.03. The molecule has 1 N–H and O–H groups in total. The van der Waals surface area contributed by atoms with Gasteiger partial charge in [-0.1, -0.05) is 11.2 Å².